The van der Waals surface area contributed by atoms with Crippen LogP contribution < -0.4 is 5.32 Å². The normalized spacial score (nSPS) is 10.5. The van der Waals surface area contributed by atoms with E-state index < -0.39 is 0 Å². The van der Waals surface area contributed by atoms with Crippen molar-refractivity contribution in [3.8, 4) is 0 Å². The highest BCUT2D eigenvalue weighted by molar-refractivity contribution is 7.09. The van der Waals surface area contributed by atoms with Gasteiger partial charge in [0.15, 0.2) is 0 Å². The van der Waals surface area contributed by atoms with Crippen molar-refractivity contribution in [1.82, 2.24) is 20.1 Å². The fourth-order valence-electron chi connectivity index (χ4n) is 1.56. The Kier molecular flexibility index (Phi) is 3.23. The molecular weight excluding hydrogens is 236 g/mol. The number of carbonyl (C=O) groups excluding carboxylic acids is 1. The Hall–Kier alpha value is -1.69. The summed E-state index contributed by atoms with van der Waals surface area (Å²) in [5, 5.41) is 9.70. The van der Waals surface area contributed by atoms with E-state index in [1.807, 2.05) is 27.0 Å². The first-order valence-electron chi connectivity index (χ1n) is 5.26. The van der Waals surface area contributed by atoms with Crippen LogP contribution in [0.2, 0.25) is 0 Å². The summed E-state index contributed by atoms with van der Waals surface area (Å²) in [5.41, 5.74) is 2.40. The molecule has 0 bridgehead atoms. The molecule has 2 aromatic rings. The van der Waals surface area contributed by atoms with Crippen LogP contribution in [0.1, 0.15) is 26.9 Å². The minimum atomic E-state index is -0.145. The van der Waals surface area contributed by atoms with E-state index in [1.165, 1.54) is 11.3 Å². The van der Waals surface area contributed by atoms with Gasteiger partial charge in [-0.15, -0.1) is 11.3 Å². The molecule has 1 N–H and O–H groups in total. The van der Waals surface area contributed by atoms with Gasteiger partial charge < -0.3 is 5.32 Å². The molecule has 0 aliphatic rings. The molecule has 6 heteroatoms. The average molecular weight is 250 g/mol. The summed E-state index contributed by atoms with van der Waals surface area (Å²) in [5.74, 6) is -0.145. The molecule has 0 fully saturated rings. The van der Waals surface area contributed by atoms with Crippen molar-refractivity contribution in [2.75, 3.05) is 0 Å². The van der Waals surface area contributed by atoms with Gasteiger partial charge in [-0.05, 0) is 19.9 Å². The molecule has 0 aliphatic heterocycles. The number of nitrogens with one attached hydrogen (secondary N) is 1. The third kappa shape index (κ3) is 2.71. The fraction of sp³-hybridized carbons (Fsp3) is 0.364. The topological polar surface area (TPSA) is 59.8 Å². The molecule has 5 nitrogen and oxygen atoms in total. The van der Waals surface area contributed by atoms with Gasteiger partial charge in [0.2, 0.25) is 0 Å². The lowest BCUT2D eigenvalue weighted by atomic mass is 10.3. The number of aromatic nitrogens is 3. The summed E-state index contributed by atoms with van der Waals surface area (Å²) in [7, 11) is 1.86. The Labute approximate surface area is 103 Å². The van der Waals surface area contributed by atoms with E-state index in [0.29, 0.717) is 12.2 Å². The van der Waals surface area contributed by atoms with E-state index in [2.05, 4.69) is 15.4 Å². The minimum absolute atomic E-state index is 0.145. The first-order chi connectivity index (χ1) is 8.06. The molecule has 0 aromatic carbocycles. The number of thiazole rings is 1. The maximum Gasteiger partial charge on any atom is 0.271 e. The van der Waals surface area contributed by atoms with Crippen LogP contribution in [-0.4, -0.2) is 20.7 Å². The molecule has 1 amide bonds. The zero-order valence-corrected chi connectivity index (χ0v) is 10.8. The number of nitrogens with zero attached hydrogens (tertiary/aromatic N) is 3. The molecule has 0 spiro atoms. The molecule has 0 aliphatic carbocycles. The SMILES string of the molecule is Cc1cc(CNC(=O)c2csc(C)n2)n(C)n1. The van der Waals surface area contributed by atoms with Crippen molar-refractivity contribution in [1.29, 1.82) is 0 Å². The van der Waals surface area contributed by atoms with Crippen LogP contribution in [0.15, 0.2) is 11.4 Å². The van der Waals surface area contributed by atoms with Crippen molar-refractivity contribution in [3.63, 3.8) is 0 Å². The molecule has 17 heavy (non-hydrogen) atoms. The number of carbonyl (C=O) groups is 1. The Bertz CT molecular complexity index is 543. The van der Waals surface area contributed by atoms with E-state index in [1.54, 1.807) is 10.1 Å². The van der Waals surface area contributed by atoms with Gasteiger partial charge in [0.1, 0.15) is 5.69 Å². The second kappa shape index (κ2) is 4.67. The molecule has 0 saturated heterocycles. The van der Waals surface area contributed by atoms with Gasteiger partial charge in [-0.25, -0.2) is 4.98 Å². The van der Waals surface area contributed by atoms with Crippen LogP contribution in [0.5, 0.6) is 0 Å². The molecule has 0 radical (unpaired) electrons. The Morgan fingerprint density at radius 2 is 2.29 bits per heavy atom. The smallest absolute Gasteiger partial charge is 0.271 e. The summed E-state index contributed by atoms with van der Waals surface area (Å²) >= 11 is 1.47. The van der Waals surface area contributed by atoms with Crippen LogP contribution in [0.4, 0.5) is 0 Å². The predicted octanol–water partition coefficient (Wildman–Crippen LogP) is 1.42. The summed E-state index contributed by atoms with van der Waals surface area (Å²) in [4.78, 5) is 15.9. The van der Waals surface area contributed by atoms with Crippen molar-refractivity contribution >= 4 is 17.2 Å². The van der Waals surface area contributed by atoms with Crippen LogP contribution in [0.25, 0.3) is 0 Å². The van der Waals surface area contributed by atoms with Crippen LogP contribution >= 0.6 is 11.3 Å². The molecule has 90 valence electrons. The van der Waals surface area contributed by atoms with Gasteiger partial charge in [0, 0.05) is 12.4 Å². The third-order valence-electron chi connectivity index (χ3n) is 2.38. The Morgan fingerprint density at radius 1 is 1.53 bits per heavy atom. The third-order valence-corrected chi connectivity index (χ3v) is 3.15. The summed E-state index contributed by atoms with van der Waals surface area (Å²) < 4.78 is 1.77. The molecule has 0 saturated carbocycles. The average Bonchev–Trinajstić information content (AvgIpc) is 2.82. The lowest BCUT2D eigenvalue weighted by Gasteiger charge is -2.03. The van der Waals surface area contributed by atoms with Crippen molar-refractivity contribution in [2.24, 2.45) is 7.05 Å². The van der Waals surface area contributed by atoms with E-state index in [9.17, 15) is 4.79 Å². The molecule has 2 rings (SSSR count). The van der Waals surface area contributed by atoms with Crippen molar-refractivity contribution in [3.05, 3.63) is 33.5 Å². The molecule has 2 aromatic heterocycles. The quantitative estimate of drug-likeness (QED) is 0.896. The first-order valence-corrected chi connectivity index (χ1v) is 6.14. The highest BCUT2D eigenvalue weighted by Gasteiger charge is 2.10. The highest BCUT2D eigenvalue weighted by Crippen LogP contribution is 2.08. The largest absolute Gasteiger partial charge is 0.345 e. The van der Waals surface area contributed by atoms with E-state index in [4.69, 9.17) is 0 Å². The lowest BCUT2D eigenvalue weighted by molar-refractivity contribution is 0.0945. The lowest BCUT2D eigenvalue weighted by Crippen LogP contribution is -2.24. The highest BCUT2D eigenvalue weighted by atomic mass is 32.1. The molecular formula is C11H14N4OS. The predicted molar refractivity (Wildman–Crippen MR) is 66.0 cm³/mol. The summed E-state index contributed by atoms with van der Waals surface area (Å²) in [6, 6.07) is 1.95. The van der Waals surface area contributed by atoms with Gasteiger partial charge in [-0.1, -0.05) is 0 Å². The van der Waals surface area contributed by atoms with Crippen LogP contribution in [0.3, 0.4) is 0 Å². The van der Waals surface area contributed by atoms with Gasteiger partial charge in [-0.2, -0.15) is 5.10 Å². The standard InChI is InChI=1S/C11H14N4OS/c1-7-4-9(15(3)14-7)5-12-11(16)10-6-17-8(2)13-10/h4,6H,5H2,1-3H3,(H,12,16). The van der Waals surface area contributed by atoms with E-state index in [0.717, 1.165) is 16.4 Å². The fourth-order valence-corrected chi connectivity index (χ4v) is 2.15. The molecule has 0 atom stereocenters. The zero-order chi connectivity index (χ0) is 12.4. The van der Waals surface area contributed by atoms with E-state index >= 15 is 0 Å². The van der Waals surface area contributed by atoms with Gasteiger partial charge in [-0.3, -0.25) is 9.48 Å². The van der Waals surface area contributed by atoms with Crippen molar-refractivity contribution in [2.45, 2.75) is 20.4 Å². The molecule has 2 heterocycles. The Morgan fingerprint density at radius 3 is 2.82 bits per heavy atom. The zero-order valence-electron chi connectivity index (χ0n) is 10.0. The maximum absolute atomic E-state index is 11.8. The Balaban J connectivity index is 1.99. The number of amides is 1. The minimum Gasteiger partial charge on any atom is -0.345 e. The number of rotatable bonds is 3. The maximum atomic E-state index is 11.8. The monoisotopic (exact) mass is 250 g/mol. The van der Waals surface area contributed by atoms with Crippen LogP contribution in [-0.2, 0) is 13.6 Å². The van der Waals surface area contributed by atoms with Crippen LogP contribution in [0, 0.1) is 13.8 Å². The summed E-state index contributed by atoms with van der Waals surface area (Å²) in [6.07, 6.45) is 0. The first kappa shape index (κ1) is 11.8. The van der Waals surface area contributed by atoms with E-state index in [-0.39, 0.29) is 5.91 Å². The molecule has 0 unspecified atom stereocenters. The second-order valence-electron chi connectivity index (χ2n) is 3.84. The number of aryl methyl sites for hydroxylation is 3. The van der Waals surface area contributed by atoms with Gasteiger partial charge in [0.25, 0.3) is 5.91 Å². The van der Waals surface area contributed by atoms with Gasteiger partial charge in [0.05, 0.1) is 22.9 Å². The number of hydrogen-bond acceptors (Lipinski definition) is 4. The van der Waals surface area contributed by atoms with Crippen molar-refractivity contribution < 1.29 is 4.79 Å². The summed E-state index contributed by atoms with van der Waals surface area (Å²) in [6.45, 7) is 4.27. The number of hydrogen-bond donors (Lipinski definition) is 1. The second-order valence-corrected chi connectivity index (χ2v) is 4.90. The van der Waals surface area contributed by atoms with Gasteiger partial charge >= 0.3 is 0 Å².